The molecule has 34 heavy (non-hydrogen) atoms. The van der Waals surface area contributed by atoms with Crippen LogP contribution in [-0.2, 0) is 29.1 Å². The van der Waals surface area contributed by atoms with Gasteiger partial charge in [-0.3, -0.25) is 9.59 Å². The number of para-hydroxylation sites is 1. The highest BCUT2D eigenvalue weighted by Crippen LogP contribution is 2.37. The number of hydrogen-bond donors (Lipinski definition) is 1. The average Bonchev–Trinajstić information content (AvgIpc) is 3.40. The van der Waals surface area contributed by atoms with E-state index in [2.05, 4.69) is 16.4 Å². The quantitative estimate of drug-likeness (QED) is 0.557. The highest BCUT2D eigenvalue weighted by atomic mass is 32.1. The number of imidazole rings is 1. The number of nitriles is 1. The molecule has 2 amide bonds. The fourth-order valence-corrected chi connectivity index (χ4v) is 5.51. The van der Waals surface area contributed by atoms with Crippen LogP contribution in [0.25, 0.3) is 0 Å². The number of nitrogens with zero attached hydrogens (tertiary/aromatic N) is 4. The number of aryl methyl sites for hydroxylation is 1. The second-order valence-corrected chi connectivity index (χ2v) is 9.49. The number of benzene rings is 1. The van der Waals surface area contributed by atoms with Crippen molar-refractivity contribution in [3.8, 4) is 11.8 Å². The number of amides is 2. The maximum absolute atomic E-state index is 12.8. The van der Waals surface area contributed by atoms with E-state index in [4.69, 9.17) is 4.74 Å². The zero-order valence-electron chi connectivity index (χ0n) is 19.5. The van der Waals surface area contributed by atoms with Gasteiger partial charge in [0.1, 0.15) is 29.2 Å². The Hall–Kier alpha value is -3.64. The predicted octanol–water partition coefficient (Wildman–Crippen LogP) is 3.85. The minimum absolute atomic E-state index is 0.00914. The van der Waals surface area contributed by atoms with Gasteiger partial charge in [-0.15, -0.1) is 11.3 Å². The molecule has 0 fully saturated rings. The molecular formula is C25H27N5O3S. The molecule has 176 valence electrons. The van der Waals surface area contributed by atoms with Gasteiger partial charge in [0.15, 0.2) is 0 Å². The highest BCUT2D eigenvalue weighted by Gasteiger charge is 2.28. The van der Waals surface area contributed by atoms with Crippen LogP contribution in [0.1, 0.15) is 46.7 Å². The maximum atomic E-state index is 12.8. The summed E-state index contributed by atoms with van der Waals surface area (Å²) in [5, 5.41) is 13.3. The molecule has 2 aromatic heterocycles. The summed E-state index contributed by atoms with van der Waals surface area (Å²) in [6.07, 6.45) is 4.33. The fraction of sp³-hybridized carbons (Fsp3) is 0.360. The van der Waals surface area contributed by atoms with Gasteiger partial charge in [0, 0.05) is 30.2 Å². The summed E-state index contributed by atoms with van der Waals surface area (Å²) in [6, 6.07) is 9.92. The third-order valence-corrected chi connectivity index (χ3v) is 7.30. The van der Waals surface area contributed by atoms with Crippen molar-refractivity contribution in [3.63, 3.8) is 0 Å². The van der Waals surface area contributed by atoms with Crippen LogP contribution in [0.5, 0.6) is 5.75 Å². The lowest BCUT2D eigenvalue weighted by Gasteiger charge is -2.27. The predicted molar refractivity (Wildman–Crippen MR) is 130 cm³/mol. The van der Waals surface area contributed by atoms with Gasteiger partial charge in [0.2, 0.25) is 11.8 Å². The molecule has 1 atom stereocenters. The van der Waals surface area contributed by atoms with E-state index < -0.39 is 0 Å². The summed E-state index contributed by atoms with van der Waals surface area (Å²) >= 11 is 1.39. The summed E-state index contributed by atoms with van der Waals surface area (Å²) in [4.78, 5) is 32.6. The molecule has 9 heteroatoms. The van der Waals surface area contributed by atoms with Crippen molar-refractivity contribution in [2.75, 3.05) is 19.0 Å². The smallest absolute Gasteiger partial charge is 0.242 e. The molecule has 8 nitrogen and oxygen atoms in total. The monoisotopic (exact) mass is 477 g/mol. The molecule has 0 spiro atoms. The number of hydrogen-bond acceptors (Lipinski definition) is 6. The molecule has 1 aliphatic rings. The number of thiophene rings is 1. The van der Waals surface area contributed by atoms with Crippen LogP contribution in [0.2, 0.25) is 0 Å². The van der Waals surface area contributed by atoms with Gasteiger partial charge in [-0.05, 0) is 36.5 Å². The first-order chi connectivity index (χ1) is 16.4. The summed E-state index contributed by atoms with van der Waals surface area (Å²) in [5.41, 5.74) is 2.41. The van der Waals surface area contributed by atoms with Crippen molar-refractivity contribution >= 4 is 28.2 Å². The third-order valence-electron chi connectivity index (χ3n) is 6.17. The number of nitrogens with one attached hydrogen (secondary N) is 1. The van der Waals surface area contributed by atoms with E-state index in [1.165, 1.54) is 11.3 Å². The van der Waals surface area contributed by atoms with E-state index in [9.17, 15) is 14.9 Å². The van der Waals surface area contributed by atoms with Crippen molar-refractivity contribution in [2.45, 2.75) is 45.7 Å². The van der Waals surface area contributed by atoms with Crippen LogP contribution in [0.4, 0.5) is 5.00 Å². The molecular weight excluding hydrogens is 450 g/mol. The fourth-order valence-electron chi connectivity index (χ4n) is 4.28. The summed E-state index contributed by atoms with van der Waals surface area (Å²) in [6.45, 7) is 5.07. The Balaban J connectivity index is 1.44. The van der Waals surface area contributed by atoms with E-state index in [1.54, 1.807) is 24.4 Å². The van der Waals surface area contributed by atoms with Crippen LogP contribution in [0.3, 0.4) is 0 Å². The largest absolute Gasteiger partial charge is 0.496 e. The van der Waals surface area contributed by atoms with Gasteiger partial charge >= 0.3 is 0 Å². The molecule has 0 unspecified atom stereocenters. The number of carbonyl (C=O) groups is 2. The first-order valence-electron chi connectivity index (χ1n) is 11.1. The second-order valence-electron chi connectivity index (χ2n) is 8.38. The molecule has 0 bridgehead atoms. The van der Waals surface area contributed by atoms with Crippen LogP contribution < -0.4 is 10.1 Å². The average molecular weight is 478 g/mol. The highest BCUT2D eigenvalue weighted by molar-refractivity contribution is 7.16. The Bertz CT molecular complexity index is 1260. The minimum atomic E-state index is -0.156. The van der Waals surface area contributed by atoms with Gasteiger partial charge in [0.05, 0.1) is 19.2 Å². The topological polar surface area (TPSA) is 100 Å². The Morgan fingerprint density at radius 1 is 1.35 bits per heavy atom. The molecule has 0 radical (unpaired) electrons. The Morgan fingerprint density at radius 3 is 2.85 bits per heavy atom. The SMILES string of the molecule is COc1ccccc1[C@@H](C)CC(=O)Nc1sc2c(c1C#N)CCN(C(=O)Cn1ccnc1C)C2. The first kappa shape index (κ1) is 23.5. The summed E-state index contributed by atoms with van der Waals surface area (Å²) < 4.78 is 7.24. The standard InChI is InChI=1S/C25H27N5O3S/c1-16(18-6-4-5-7-21(18)33-3)12-23(31)28-25-20(13-26)19-8-10-30(14-22(19)34-25)24(32)15-29-11-9-27-17(29)2/h4-7,9,11,16H,8,10,12,14-15H2,1-3H3,(H,28,31)/t16-/m0/s1. The number of rotatable bonds is 7. The van der Waals surface area contributed by atoms with Crippen molar-refractivity contribution in [3.05, 3.63) is 64.1 Å². The molecule has 1 N–H and O–H groups in total. The van der Waals surface area contributed by atoms with Crippen molar-refractivity contribution in [1.82, 2.24) is 14.5 Å². The van der Waals surface area contributed by atoms with Gasteiger partial charge in [-0.25, -0.2) is 4.98 Å². The van der Waals surface area contributed by atoms with E-state index >= 15 is 0 Å². The van der Waals surface area contributed by atoms with Gasteiger partial charge in [-0.2, -0.15) is 5.26 Å². The second kappa shape index (κ2) is 10.1. The Kier molecular flexibility index (Phi) is 6.98. The lowest BCUT2D eigenvalue weighted by molar-refractivity contribution is -0.132. The molecule has 3 aromatic rings. The molecule has 0 saturated heterocycles. The number of anilines is 1. The number of aromatic nitrogens is 2. The van der Waals surface area contributed by atoms with Crippen LogP contribution in [0, 0.1) is 18.3 Å². The number of ether oxygens (including phenoxy) is 1. The molecule has 3 heterocycles. The Morgan fingerprint density at radius 2 is 2.15 bits per heavy atom. The van der Waals surface area contributed by atoms with E-state index in [-0.39, 0.29) is 30.7 Å². The Labute approximate surface area is 202 Å². The van der Waals surface area contributed by atoms with Gasteiger partial charge in [-0.1, -0.05) is 25.1 Å². The van der Waals surface area contributed by atoms with Gasteiger partial charge in [0.25, 0.3) is 0 Å². The molecule has 0 saturated carbocycles. The normalized spacial score (nSPS) is 13.6. The summed E-state index contributed by atoms with van der Waals surface area (Å²) in [7, 11) is 1.62. The first-order valence-corrected chi connectivity index (χ1v) is 12.0. The van der Waals surface area contributed by atoms with Crippen LogP contribution in [-0.4, -0.2) is 39.9 Å². The zero-order valence-corrected chi connectivity index (χ0v) is 20.3. The van der Waals surface area contributed by atoms with Crippen molar-refractivity contribution in [2.24, 2.45) is 0 Å². The van der Waals surface area contributed by atoms with E-state index in [1.807, 2.05) is 42.7 Å². The molecule has 0 aliphatic carbocycles. The zero-order chi connectivity index (χ0) is 24.2. The number of fused-ring (bicyclic) bond motifs is 1. The van der Waals surface area contributed by atoms with Crippen LogP contribution in [0.15, 0.2) is 36.7 Å². The molecule has 4 rings (SSSR count). The number of carbonyl (C=O) groups excluding carboxylic acids is 2. The lowest BCUT2D eigenvalue weighted by atomic mass is 9.96. The van der Waals surface area contributed by atoms with Gasteiger partial charge < -0.3 is 19.5 Å². The molecule has 1 aliphatic heterocycles. The lowest BCUT2D eigenvalue weighted by Crippen LogP contribution is -2.37. The van der Waals surface area contributed by atoms with Crippen LogP contribution >= 0.6 is 11.3 Å². The number of methoxy groups -OCH3 is 1. The van der Waals surface area contributed by atoms with Crippen molar-refractivity contribution in [1.29, 1.82) is 5.26 Å². The molecule has 1 aromatic carbocycles. The van der Waals surface area contributed by atoms with E-state index in [0.717, 1.165) is 27.6 Å². The minimum Gasteiger partial charge on any atom is -0.496 e. The summed E-state index contributed by atoms with van der Waals surface area (Å²) in [5.74, 6) is 1.35. The maximum Gasteiger partial charge on any atom is 0.242 e. The van der Waals surface area contributed by atoms with Crippen molar-refractivity contribution < 1.29 is 14.3 Å². The third kappa shape index (κ3) is 4.82. The van der Waals surface area contributed by atoms with E-state index in [0.29, 0.717) is 30.1 Å².